The van der Waals surface area contributed by atoms with E-state index in [0.717, 1.165) is 25.2 Å². The van der Waals surface area contributed by atoms with Crippen LogP contribution in [0.15, 0.2) is 12.3 Å². The number of nitrogens with zero attached hydrogens (tertiary/aromatic N) is 2. The molecule has 0 saturated heterocycles. The standard InChI is InChI=1S/C12H21N3O/c1-4-6-10(13-5-2)9-11-14-8-7-12(15-11)16-3/h7-8,10,13H,4-6,9H2,1-3H3. The first-order chi connectivity index (χ1) is 7.80. The number of likely N-dealkylation sites (N-methyl/N-ethyl adjacent to an activating group) is 1. The van der Waals surface area contributed by atoms with Gasteiger partial charge in [0, 0.05) is 24.7 Å². The zero-order valence-electron chi connectivity index (χ0n) is 10.4. The van der Waals surface area contributed by atoms with Crippen molar-refractivity contribution in [1.82, 2.24) is 15.3 Å². The molecule has 1 atom stereocenters. The normalized spacial score (nSPS) is 12.4. The van der Waals surface area contributed by atoms with Crippen LogP contribution < -0.4 is 10.1 Å². The van der Waals surface area contributed by atoms with Crippen LogP contribution in [0, 0.1) is 0 Å². The number of aromatic nitrogens is 2. The third-order valence-electron chi connectivity index (χ3n) is 2.45. The maximum absolute atomic E-state index is 5.08. The molecule has 1 N–H and O–H groups in total. The molecule has 0 fully saturated rings. The highest BCUT2D eigenvalue weighted by Gasteiger charge is 2.09. The van der Waals surface area contributed by atoms with Gasteiger partial charge in [-0.05, 0) is 13.0 Å². The van der Waals surface area contributed by atoms with Gasteiger partial charge in [-0.2, -0.15) is 4.98 Å². The summed E-state index contributed by atoms with van der Waals surface area (Å²) in [5.41, 5.74) is 0. The molecule has 0 saturated carbocycles. The van der Waals surface area contributed by atoms with E-state index in [-0.39, 0.29) is 0 Å². The Morgan fingerprint density at radius 3 is 2.88 bits per heavy atom. The molecule has 0 spiro atoms. The minimum atomic E-state index is 0.460. The molecule has 0 aromatic carbocycles. The Hall–Kier alpha value is -1.16. The van der Waals surface area contributed by atoms with Crippen LogP contribution in [-0.2, 0) is 6.42 Å². The highest BCUT2D eigenvalue weighted by atomic mass is 16.5. The first kappa shape index (κ1) is 12.9. The van der Waals surface area contributed by atoms with E-state index >= 15 is 0 Å². The quantitative estimate of drug-likeness (QED) is 0.765. The summed E-state index contributed by atoms with van der Waals surface area (Å²) in [6, 6.07) is 2.23. The highest BCUT2D eigenvalue weighted by molar-refractivity contribution is 5.08. The number of nitrogens with one attached hydrogen (secondary N) is 1. The van der Waals surface area contributed by atoms with Crippen LogP contribution in [0.1, 0.15) is 32.5 Å². The molecule has 16 heavy (non-hydrogen) atoms. The zero-order valence-corrected chi connectivity index (χ0v) is 10.4. The monoisotopic (exact) mass is 223 g/mol. The number of rotatable bonds is 7. The summed E-state index contributed by atoms with van der Waals surface area (Å²) in [5.74, 6) is 1.48. The number of hydrogen-bond donors (Lipinski definition) is 1. The van der Waals surface area contributed by atoms with Gasteiger partial charge in [-0.1, -0.05) is 20.3 Å². The van der Waals surface area contributed by atoms with Crippen LogP contribution in [-0.4, -0.2) is 29.7 Å². The molecule has 4 nitrogen and oxygen atoms in total. The molecular weight excluding hydrogens is 202 g/mol. The van der Waals surface area contributed by atoms with Crippen LogP contribution in [0.3, 0.4) is 0 Å². The summed E-state index contributed by atoms with van der Waals surface area (Å²) < 4.78 is 5.08. The Labute approximate surface area is 97.5 Å². The molecule has 0 aliphatic rings. The fourth-order valence-electron chi connectivity index (χ4n) is 1.73. The minimum Gasteiger partial charge on any atom is -0.481 e. The van der Waals surface area contributed by atoms with E-state index in [2.05, 4.69) is 29.1 Å². The molecule has 1 unspecified atom stereocenters. The summed E-state index contributed by atoms with van der Waals surface area (Å²) in [5, 5.41) is 3.45. The Bertz CT molecular complexity index is 298. The molecule has 1 aromatic rings. The second kappa shape index (κ2) is 7.17. The Balaban J connectivity index is 2.60. The van der Waals surface area contributed by atoms with Crippen molar-refractivity contribution in [2.75, 3.05) is 13.7 Å². The number of methoxy groups -OCH3 is 1. The van der Waals surface area contributed by atoms with Crippen molar-refractivity contribution in [3.05, 3.63) is 18.1 Å². The lowest BCUT2D eigenvalue weighted by Crippen LogP contribution is -2.31. The van der Waals surface area contributed by atoms with Crippen LogP contribution >= 0.6 is 0 Å². The van der Waals surface area contributed by atoms with E-state index < -0.39 is 0 Å². The molecule has 0 bridgehead atoms. The predicted molar refractivity (Wildman–Crippen MR) is 64.7 cm³/mol. The third kappa shape index (κ3) is 4.14. The van der Waals surface area contributed by atoms with Crippen molar-refractivity contribution in [2.45, 2.75) is 39.2 Å². The first-order valence-electron chi connectivity index (χ1n) is 5.89. The maximum atomic E-state index is 5.08. The Kier molecular flexibility index (Phi) is 5.78. The average molecular weight is 223 g/mol. The predicted octanol–water partition coefficient (Wildman–Crippen LogP) is 1.81. The summed E-state index contributed by atoms with van der Waals surface area (Å²) in [4.78, 5) is 8.58. The van der Waals surface area contributed by atoms with Gasteiger partial charge in [0.15, 0.2) is 0 Å². The zero-order chi connectivity index (χ0) is 11.8. The van der Waals surface area contributed by atoms with E-state index in [1.807, 2.05) is 0 Å². The van der Waals surface area contributed by atoms with Crippen LogP contribution in [0.4, 0.5) is 0 Å². The molecule has 4 heteroatoms. The minimum absolute atomic E-state index is 0.460. The van der Waals surface area contributed by atoms with Crippen LogP contribution in [0.2, 0.25) is 0 Å². The Morgan fingerprint density at radius 2 is 2.25 bits per heavy atom. The van der Waals surface area contributed by atoms with E-state index in [1.54, 1.807) is 19.4 Å². The fourth-order valence-corrected chi connectivity index (χ4v) is 1.73. The molecule has 0 aliphatic carbocycles. The molecule has 1 rings (SSSR count). The van der Waals surface area contributed by atoms with Gasteiger partial charge in [-0.15, -0.1) is 0 Å². The summed E-state index contributed by atoms with van der Waals surface area (Å²) in [7, 11) is 1.62. The van der Waals surface area contributed by atoms with Crippen molar-refractivity contribution in [1.29, 1.82) is 0 Å². The van der Waals surface area contributed by atoms with Gasteiger partial charge >= 0.3 is 0 Å². The van der Waals surface area contributed by atoms with Gasteiger partial charge in [0.05, 0.1) is 7.11 Å². The molecule has 0 aliphatic heterocycles. The van der Waals surface area contributed by atoms with Crippen LogP contribution in [0.25, 0.3) is 0 Å². The number of hydrogen-bond acceptors (Lipinski definition) is 4. The fraction of sp³-hybridized carbons (Fsp3) is 0.667. The highest BCUT2D eigenvalue weighted by Crippen LogP contribution is 2.08. The van der Waals surface area contributed by atoms with E-state index in [1.165, 1.54) is 6.42 Å². The van der Waals surface area contributed by atoms with Crippen molar-refractivity contribution in [2.24, 2.45) is 0 Å². The number of ether oxygens (including phenoxy) is 1. The summed E-state index contributed by atoms with van der Waals surface area (Å²) in [6.45, 7) is 5.29. The smallest absolute Gasteiger partial charge is 0.216 e. The molecule has 1 heterocycles. The average Bonchev–Trinajstić information content (AvgIpc) is 2.30. The van der Waals surface area contributed by atoms with Gasteiger partial charge < -0.3 is 10.1 Å². The Morgan fingerprint density at radius 1 is 1.44 bits per heavy atom. The van der Waals surface area contributed by atoms with Crippen molar-refractivity contribution >= 4 is 0 Å². The molecule has 90 valence electrons. The topological polar surface area (TPSA) is 47.0 Å². The van der Waals surface area contributed by atoms with E-state index in [4.69, 9.17) is 4.74 Å². The first-order valence-corrected chi connectivity index (χ1v) is 5.89. The van der Waals surface area contributed by atoms with Gasteiger partial charge in [-0.25, -0.2) is 4.98 Å². The largest absolute Gasteiger partial charge is 0.481 e. The lowest BCUT2D eigenvalue weighted by molar-refractivity contribution is 0.392. The van der Waals surface area contributed by atoms with E-state index in [9.17, 15) is 0 Å². The van der Waals surface area contributed by atoms with Gasteiger partial charge in [0.2, 0.25) is 5.88 Å². The maximum Gasteiger partial charge on any atom is 0.216 e. The SMILES string of the molecule is CCCC(Cc1nccc(OC)n1)NCC. The van der Waals surface area contributed by atoms with Gasteiger partial charge in [0.1, 0.15) is 5.82 Å². The summed E-state index contributed by atoms with van der Waals surface area (Å²) >= 11 is 0. The third-order valence-corrected chi connectivity index (χ3v) is 2.45. The van der Waals surface area contributed by atoms with Gasteiger partial charge in [-0.3, -0.25) is 0 Å². The summed E-state index contributed by atoms with van der Waals surface area (Å²) in [6.07, 6.45) is 4.92. The lowest BCUT2D eigenvalue weighted by atomic mass is 10.1. The molecule has 1 aromatic heterocycles. The molecule has 0 amide bonds. The molecular formula is C12H21N3O. The van der Waals surface area contributed by atoms with E-state index in [0.29, 0.717) is 11.9 Å². The second-order valence-electron chi connectivity index (χ2n) is 3.76. The van der Waals surface area contributed by atoms with Crippen molar-refractivity contribution in [3.63, 3.8) is 0 Å². The second-order valence-corrected chi connectivity index (χ2v) is 3.76. The van der Waals surface area contributed by atoms with Crippen LogP contribution in [0.5, 0.6) is 5.88 Å². The lowest BCUT2D eigenvalue weighted by Gasteiger charge is -2.16. The molecule has 0 radical (unpaired) electrons. The van der Waals surface area contributed by atoms with Crippen molar-refractivity contribution in [3.8, 4) is 5.88 Å². The van der Waals surface area contributed by atoms with Gasteiger partial charge in [0.25, 0.3) is 0 Å². The van der Waals surface area contributed by atoms with Crippen molar-refractivity contribution < 1.29 is 4.74 Å².